The summed E-state index contributed by atoms with van der Waals surface area (Å²) in [6.07, 6.45) is 1.45. The molecule has 0 unspecified atom stereocenters. The molecule has 0 saturated carbocycles. The lowest BCUT2D eigenvalue weighted by molar-refractivity contribution is 0.361. The van der Waals surface area contributed by atoms with Crippen molar-refractivity contribution in [2.24, 2.45) is 0 Å². The highest BCUT2D eigenvalue weighted by Gasteiger charge is 2.26. The van der Waals surface area contributed by atoms with Gasteiger partial charge in [0.25, 0.3) is 0 Å². The molecule has 2 aromatic carbocycles. The van der Waals surface area contributed by atoms with Crippen LogP contribution in [0.5, 0.6) is 0 Å². The standard InChI is InChI=1S/C14H6F5NS/c15-9-10(16)12(18)14(13(19)11(9)17)21-8-5-20-7-4-2-1-3-6(7)8/h1-5,20H. The molecule has 0 bridgehead atoms. The van der Waals surface area contributed by atoms with Crippen LogP contribution in [-0.2, 0) is 0 Å². The lowest BCUT2D eigenvalue weighted by Crippen LogP contribution is -2.02. The zero-order valence-corrected chi connectivity index (χ0v) is 11.0. The molecule has 1 N–H and O–H groups in total. The molecule has 7 heteroatoms. The van der Waals surface area contributed by atoms with E-state index in [0.29, 0.717) is 27.6 Å². The molecule has 1 aromatic heterocycles. The summed E-state index contributed by atoms with van der Waals surface area (Å²) in [5.41, 5.74) is 0.698. The number of benzene rings is 2. The summed E-state index contributed by atoms with van der Waals surface area (Å²) in [5.74, 6) is -9.72. The molecule has 0 aliphatic carbocycles. The van der Waals surface area contributed by atoms with Gasteiger partial charge in [-0.2, -0.15) is 0 Å². The molecular formula is C14H6F5NS. The second-order valence-electron chi connectivity index (χ2n) is 4.20. The van der Waals surface area contributed by atoms with Crippen LogP contribution in [-0.4, -0.2) is 4.98 Å². The van der Waals surface area contributed by atoms with Crippen molar-refractivity contribution in [1.82, 2.24) is 4.98 Å². The normalized spacial score (nSPS) is 11.3. The average molecular weight is 315 g/mol. The first-order valence-electron chi connectivity index (χ1n) is 5.76. The SMILES string of the molecule is Fc1c(F)c(F)c(Sc2c[nH]c3ccccc23)c(F)c1F. The molecule has 0 amide bonds. The van der Waals surface area contributed by atoms with Crippen LogP contribution in [0.2, 0.25) is 0 Å². The summed E-state index contributed by atoms with van der Waals surface area (Å²) >= 11 is 0.486. The van der Waals surface area contributed by atoms with Gasteiger partial charge in [-0.25, -0.2) is 22.0 Å². The van der Waals surface area contributed by atoms with Crippen LogP contribution in [0.15, 0.2) is 40.3 Å². The predicted molar refractivity (Wildman–Crippen MR) is 68.7 cm³/mol. The average Bonchev–Trinajstić information content (AvgIpc) is 2.91. The molecule has 0 atom stereocenters. The van der Waals surface area contributed by atoms with Gasteiger partial charge < -0.3 is 4.98 Å². The maximum atomic E-state index is 13.6. The number of para-hydroxylation sites is 1. The highest BCUT2D eigenvalue weighted by atomic mass is 32.2. The van der Waals surface area contributed by atoms with E-state index >= 15 is 0 Å². The van der Waals surface area contributed by atoms with Crippen LogP contribution in [0, 0.1) is 29.1 Å². The van der Waals surface area contributed by atoms with Gasteiger partial charge in [-0.3, -0.25) is 0 Å². The molecule has 0 aliphatic heterocycles. The van der Waals surface area contributed by atoms with Gasteiger partial charge in [0, 0.05) is 22.0 Å². The van der Waals surface area contributed by atoms with Gasteiger partial charge in [0.2, 0.25) is 5.82 Å². The fourth-order valence-corrected chi connectivity index (χ4v) is 2.90. The molecular weight excluding hydrogens is 309 g/mol. The minimum atomic E-state index is -2.16. The summed E-state index contributed by atoms with van der Waals surface area (Å²) < 4.78 is 66.6. The maximum Gasteiger partial charge on any atom is 0.200 e. The Labute approximate surface area is 119 Å². The van der Waals surface area contributed by atoms with Crippen LogP contribution >= 0.6 is 11.8 Å². The highest BCUT2D eigenvalue weighted by Crippen LogP contribution is 2.38. The Hall–Kier alpha value is -2.02. The first-order valence-corrected chi connectivity index (χ1v) is 6.57. The van der Waals surface area contributed by atoms with Gasteiger partial charge in [0.1, 0.15) is 0 Å². The number of hydrogen-bond donors (Lipinski definition) is 1. The lowest BCUT2D eigenvalue weighted by atomic mass is 10.2. The Bertz CT molecular complexity index is 814. The van der Waals surface area contributed by atoms with E-state index in [2.05, 4.69) is 4.98 Å². The quantitative estimate of drug-likeness (QED) is 0.399. The van der Waals surface area contributed by atoms with Gasteiger partial charge >= 0.3 is 0 Å². The first kappa shape index (κ1) is 13.9. The number of rotatable bonds is 2. The predicted octanol–water partition coefficient (Wildman–Crippen LogP) is 5.01. The summed E-state index contributed by atoms with van der Waals surface area (Å²) in [6.45, 7) is 0. The summed E-state index contributed by atoms with van der Waals surface area (Å²) in [7, 11) is 0. The third-order valence-corrected chi connectivity index (χ3v) is 4.05. The van der Waals surface area contributed by atoms with E-state index < -0.39 is 34.0 Å². The largest absolute Gasteiger partial charge is 0.360 e. The van der Waals surface area contributed by atoms with Gasteiger partial charge in [-0.05, 0) is 6.07 Å². The Morgan fingerprint density at radius 1 is 0.762 bits per heavy atom. The zero-order chi connectivity index (χ0) is 15.1. The van der Waals surface area contributed by atoms with Crippen molar-refractivity contribution >= 4 is 22.7 Å². The summed E-state index contributed by atoms with van der Waals surface area (Å²) in [6, 6.07) is 6.88. The molecule has 21 heavy (non-hydrogen) atoms. The maximum absolute atomic E-state index is 13.6. The fourth-order valence-electron chi connectivity index (χ4n) is 1.91. The summed E-state index contributed by atoms with van der Waals surface area (Å²) in [5, 5.41) is 0.631. The van der Waals surface area contributed by atoms with Gasteiger partial charge in [-0.15, -0.1) is 0 Å². The number of halogens is 5. The van der Waals surface area contributed by atoms with Crippen molar-refractivity contribution in [1.29, 1.82) is 0 Å². The Morgan fingerprint density at radius 2 is 1.33 bits per heavy atom. The van der Waals surface area contributed by atoms with Crippen molar-refractivity contribution in [3.8, 4) is 0 Å². The summed E-state index contributed by atoms with van der Waals surface area (Å²) in [4.78, 5) is 2.31. The topological polar surface area (TPSA) is 15.8 Å². The van der Waals surface area contributed by atoms with Crippen LogP contribution < -0.4 is 0 Å². The molecule has 0 fully saturated rings. The number of aromatic nitrogens is 1. The van der Waals surface area contributed by atoms with Crippen LogP contribution in [0.4, 0.5) is 22.0 Å². The minimum Gasteiger partial charge on any atom is -0.360 e. The molecule has 0 aliphatic rings. The minimum absolute atomic E-state index is 0.369. The number of aromatic amines is 1. The monoisotopic (exact) mass is 315 g/mol. The fraction of sp³-hybridized carbons (Fsp3) is 0. The number of fused-ring (bicyclic) bond motifs is 1. The van der Waals surface area contributed by atoms with E-state index in [-0.39, 0.29) is 0 Å². The van der Waals surface area contributed by atoms with Crippen molar-refractivity contribution < 1.29 is 22.0 Å². The van der Waals surface area contributed by atoms with Crippen LogP contribution in [0.25, 0.3) is 10.9 Å². The van der Waals surface area contributed by atoms with Gasteiger partial charge in [-0.1, -0.05) is 30.0 Å². The molecule has 1 nitrogen and oxygen atoms in total. The third kappa shape index (κ3) is 2.17. The molecule has 0 spiro atoms. The Morgan fingerprint density at radius 3 is 2.00 bits per heavy atom. The molecule has 3 aromatic rings. The van der Waals surface area contributed by atoms with E-state index in [1.165, 1.54) is 6.20 Å². The van der Waals surface area contributed by atoms with E-state index in [9.17, 15) is 22.0 Å². The number of nitrogens with one attached hydrogen (secondary N) is 1. The smallest absolute Gasteiger partial charge is 0.200 e. The molecule has 108 valence electrons. The Balaban J connectivity index is 2.14. The zero-order valence-electron chi connectivity index (χ0n) is 10.2. The lowest BCUT2D eigenvalue weighted by Gasteiger charge is -2.07. The first-order chi connectivity index (χ1) is 10.0. The van der Waals surface area contributed by atoms with Crippen molar-refractivity contribution in [3.63, 3.8) is 0 Å². The van der Waals surface area contributed by atoms with Crippen molar-refractivity contribution in [2.75, 3.05) is 0 Å². The van der Waals surface area contributed by atoms with Gasteiger partial charge in [0.15, 0.2) is 23.3 Å². The molecule has 0 radical (unpaired) electrons. The molecule has 3 rings (SSSR count). The van der Waals surface area contributed by atoms with E-state index in [0.717, 1.165) is 0 Å². The Kier molecular flexibility index (Phi) is 3.36. The van der Waals surface area contributed by atoms with Crippen LogP contribution in [0.3, 0.4) is 0 Å². The van der Waals surface area contributed by atoms with E-state index in [1.54, 1.807) is 24.3 Å². The molecule has 0 saturated heterocycles. The second kappa shape index (κ2) is 5.07. The molecule has 1 heterocycles. The highest BCUT2D eigenvalue weighted by molar-refractivity contribution is 7.99. The third-order valence-electron chi connectivity index (χ3n) is 2.93. The van der Waals surface area contributed by atoms with E-state index in [4.69, 9.17) is 0 Å². The number of hydrogen-bond acceptors (Lipinski definition) is 1. The van der Waals surface area contributed by atoms with Gasteiger partial charge in [0.05, 0.1) is 4.90 Å². The van der Waals surface area contributed by atoms with Crippen molar-refractivity contribution in [3.05, 3.63) is 59.5 Å². The number of H-pyrrole nitrogens is 1. The van der Waals surface area contributed by atoms with Crippen molar-refractivity contribution in [2.45, 2.75) is 9.79 Å². The van der Waals surface area contributed by atoms with E-state index in [1.807, 2.05) is 0 Å². The van der Waals surface area contributed by atoms with Crippen LogP contribution in [0.1, 0.15) is 0 Å². The second-order valence-corrected chi connectivity index (χ2v) is 5.25.